The molecule has 0 aromatic rings. The fourth-order valence-electron chi connectivity index (χ4n) is 0.359. The summed E-state index contributed by atoms with van der Waals surface area (Å²) in [5.74, 6) is -0.422. The zero-order valence-electron chi connectivity index (χ0n) is 8.02. The molecular weight excluding hydrogens is 157 g/mol. The van der Waals surface area contributed by atoms with Crippen LogP contribution in [0.2, 0.25) is 0 Å². The number of rotatable bonds is 3. The molecule has 0 bridgehead atoms. The van der Waals surface area contributed by atoms with Gasteiger partial charge in [0.15, 0.2) is 0 Å². The normalized spacial score (nSPS) is 11.4. The number of amides is 1. The molecule has 0 aliphatic rings. The Balaban J connectivity index is 0. The monoisotopic (exact) mass is 173 g/mol. The molecule has 0 heterocycles. The van der Waals surface area contributed by atoms with Gasteiger partial charge in [0.25, 0.3) is 0 Å². The van der Waals surface area contributed by atoms with Crippen LogP contribution in [-0.4, -0.2) is 6.41 Å². The van der Waals surface area contributed by atoms with Crippen LogP contribution in [-0.2, 0) is 4.79 Å². The van der Waals surface area contributed by atoms with Gasteiger partial charge in [-0.3, -0.25) is 4.79 Å². The van der Waals surface area contributed by atoms with Crippen LogP contribution in [0.1, 0.15) is 27.7 Å². The molecular formula is C9H16FNO. The summed E-state index contributed by atoms with van der Waals surface area (Å²) in [6.07, 6.45) is 3.06. The van der Waals surface area contributed by atoms with Gasteiger partial charge in [0.05, 0.1) is 0 Å². The van der Waals surface area contributed by atoms with Gasteiger partial charge in [0, 0.05) is 6.20 Å². The highest BCUT2D eigenvalue weighted by Gasteiger charge is 1.93. The molecule has 1 N–H and O–H groups in total. The SMILES string of the molecule is C/C=C(C)\C(F)=C/NC=O.CC. The average Bonchev–Trinajstić information content (AvgIpc) is 2.16. The molecule has 3 heteroatoms. The summed E-state index contributed by atoms with van der Waals surface area (Å²) in [5.41, 5.74) is 0.509. The standard InChI is InChI=1S/C7H10FNO.C2H6/c1-3-6(2)7(8)4-9-5-10;1-2/h3-5H,1-2H3,(H,9,10);1-2H3/b6-3-,7-4+;. The van der Waals surface area contributed by atoms with E-state index in [4.69, 9.17) is 0 Å². The van der Waals surface area contributed by atoms with Crippen molar-refractivity contribution in [3.63, 3.8) is 0 Å². The summed E-state index contributed by atoms with van der Waals surface area (Å²) >= 11 is 0. The lowest BCUT2D eigenvalue weighted by atomic mass is 10.3. The number of nitrogens with one attached hydrogen (secondary N) is 1. The van der Waals surface area contributed by atoms with E-state index in [2.05, 4.69) is 5.32 Å². The number of halogens is 1. The molecule has 1 amide bonds. The third kappa shape index (κ3) is 6.99. The third-order valence-electron chi connectivity index (χ3n) is 1.09. The Morgan fingerprint density at radius 3 is 2.25 bits per heavy atom. The van der Waals surface area contributed by atoms with Gasteiger partial charge in [0.1, 0.15) is 5.83 Å². The third-order valence-corrected chi connectivity index (χ3v) is 1.09. The summed E-state index contributed by atoms with van der Waals surface area (Å²) < 4.78 is 12.6. The number of hydrogen-bond acceptors (Lipinski definition) is 1. The van der Waals surface area contributed by atoms with E-state index >= 15 is 0 Å². The number of carbonyl (C=O) groups excluding carboxylic acids is 1. The minimum absolute atomic E-state index is 0.419. The van der Waals surface area contributed by atoms with Gasteiger partial charge < -0.3 is 5.32 Å². The molecule has 0 aromatic heterocycles. The van der Waals surface area contributed by atoms with Gasteiger partial charge >= 0.3 is 0 Å². The second kappa shape index (κ2) is 9.88. The predicted molar refractivity (Wildman–Crippen MR) is 49.2 cm³/mol. The zero-order chi connectivity index (χ0) is 9.98. The second-order valence-electron chi connectivity index (χ2n) is 1.75. The maximum Gasteiger partial charge on any atom is 0.211 e. The van der Waals surface area contributed by atoms with Crippen LogP contribution in [0.4, 0.5) is 4.39 Å². The first kappa shape index (κ1) is 13.5. The highest BCUT2D eigenvalue weighted by Crippen LogP contribution is 2.07. The molecule has 2 nitrogen and oxygen atoms in total. The lowest BCUT2D eigenvalue weighted by Crippen LogP contribution is -2.00. The van der Waals surface area contributed by atoms with Crippen molar-refractivity contribution in [2.75, 3.05) is 0 Å². The molecule has 0 atom stereocenters. The first-order chi connectivity index (χ1) is 5.72. The Morgan fingerprint density at radius 1 is 1.42 bits per heavy atom. The molecule has 70 valence electrons. The fraction of sp³-hybridized carbons (Fsp3) is 0.444. The van der Waals surface area contributed by atoms with E-state index in [0.717, 1.165) is 6.20 Å². The van der Waals surface area contributed by atoms with Crippen LogP contribution >= 0.6 is 0 Å². The van der Waals surface area contributed by atoms with E-state index in [9.17, 15) is 9.18 Å². The molecule has 0 saturated carbocycles. The molecule has 0 unspecified atom stereocenters. The number of hydrogen-bond donors (Lipinski definition) is 1. The molecule has 0 radical (unpaired) electrons. The number of carbonyl (C=O) groups is 1. The second-order valence-corrected chi connectivity index (χ2v) is 1.75. The van der Waals surface area contributed by atoms with Crippen molar-refractivity contribution < 1.29 is 9.18 Å². The van der Waals surface area contributed by atoms with Crippen molar-refractivity contribution in [1.82, 2.24) is 5.32 Å². The van der Waals surface area contributed by atoms with E-state index in [0.29, 0.717) is 12.0 Å². The summed E-state index contributed by atoms with van der Waals surface area (Å²) in [4.78, 5) is 9.68. The van der Waals surface area contributed by atoms with Crippen LogP contribution in [0.15, 0.2) is 23.7 Å². The summed E-state index contributed by atoms with van der Waals surface area (Å²) in [6.45, 7) is 7.35. The van der Waals surface area contributed by atoms with Crippen molar-refractivity contribution in [1.29, 1.82) is 0 Å². The van der Waals surface area contributed by atoms with Crippen molar-refractivity contribution in [3.05, 3.63) is 23.7 Å². The largest absolute Gasteiger partial charge is 0.332 e. The molecule has 0 rings (SSSR count). The average molecular weight is 173 g/mol. The van der Waals surface area contributed by atoms with E-state index < -0.39 is 5.83 Å². The van der Waals surface area contributed by atoms with E-state index in [1.54, 1.807) is 19.9 Å². The van der Waals surface area contributed by atoms with Gasteiger partial charge in [-0.05, 0) is 19.4 Å². The van der Waals surface area contributed by atoms with Crippen LogP contribution in [0.25, 0.3) is 0 Å². The topological polar surface area (TPSA) is 29.1 Å². The van der Waals surface area contributed by atoms with Crippen LogP contribution in [0.5, 0.6) is 0 Å². The van der Waals surface area contributed by atoms with Crippen LogP contribution < -0.4 is 5.32 Å². The Morgan fingerprint density at radius 2 is 1.92 bits per heavy atom. The lowest BCUT2D eigenvalue weighted by molar-refractivity contribution is -0.108. The van der Waals surface area contributed by atoms with Crippen molar-refractivity contribution in [2.24, 2.45) is 0 Å². The number of allylic oxidation sites excluding steroid dienone is 3. The van der Waals surface area contributed by atoms with Gasteiger partial charge in [-0.1, -0.05) is 19.9 Å². The summed E-state index contributed by atoms with van der Waals surface area (Å²) in [6, 6.07) is 0. The van der Waals surface area contributed by atoms with Crippen molar-refractivity contribution in [3.8, 4) is 0 Å². The maximum absolute atomic E-state index is 12.6. The van der Waals surface area contributed by atoms with Gasteiger partial charge in [-0.15, -0.1) is 0 Å². The molecule has 0 fully saturated rings. The lowest BCUT2D eigenvalue weighted by Gasteiger charge is -1.93. The molecule has 0 aromatic carbocycles. The Hall–Kier alpha value is -1.12. The molecule has 0 saturated heterocycles. The molecule has 12 heavy (non-hydrogen) atoms. The first-order valence-electron chi connectivity index (χ1n) is 3.91. The van der Waals surface area contributed by atoms with Crippen LogP contribution in [0, 0.1) is 0 Å². The van der Waals surface area contributed by atoms with Gasteiger partial charge in [0.2, 0.25) is 6.41 Å². The van der Waals surface area contributed by atoms with E-state index in [1.165, 1.54) is 0 Å². The van der Waals surface area contributed by atoms with Crippen LogP contribution in [0.3, 0.4) is 0 Å². The highest BCUT2D eigenvalue weighted by atomic mass is 19.1. The Labute approximate surface area is 73.2 Å². The van der Waals surface area contributed by atoms with E-state index in [-0.39, 0.29) is 0 Å². The maximum atomic E-state index is 12.6. The first-order valence-corrected chi connectivity index (χ1v) is 3.91. The smallest absolute Gasteiger partial charge is 0.211 e. The molecule has 0 spiro atoms. The summed E-state index contributed by atoms with van der Waals surface area (Å²) in [5, 5.41) is 2.10. The Bertz CT molecular complexity index is 173. The van der Waals surface area contributed by atoms with Gasteiger partial charge in [-0.25, -0.2) is 4.39 Å². The fourth-order valence-corrected chi connectivity index (χ4v) is 0.359. The summed E-state index contributed by atoms with van der Waals surface area (Å²) in [7, 11) is 0. The van der Waals surface area contributed by atoms with Gasteiger partial charge in [-0.2, -0.15) is 0 Å². The zero-order valence-corrected chi connectivity index (χ0v) is 8.02. The minimum Gasteiger partial charge on any atom is -0.332 e. The molecule has 0 aliphatic carbocycles. The van der Waals surface area contributed by atoms with E-state index in [1.807, 2.05) is 13.8 Å². The minimum atomic E-state index is -0.422. The van der Waals surface area contributed by atoms with Crippen molar-refractivity contribution >= 4 is 6.41 Å². The quantitative estimate of drug-likeness (QED) is 0.515. The van der Waals surface area contributed by atoms with Crippen molar-refractivity contribution in [2.45, 2.75) is 27.7 Å². The Kier molecular flexibility index (Phi) is 11.1. The molecule has 0 aliphatic heterocycles. The predicted octanol–water partition coefficient (Wildman–Crippen LogP) is 2.54. The highest BCUT2D eigenvalue weighted by molar-refractivity contribution is 5.48.